The van der Waals surface area contributed by atoms with Crippen molar-refractivity contribution in [2.24, 2.45) is 5.73 Å². The molecule has 0 amide bonds. The Labute approximate surface area is 115 Å². The van der Waals surface area contributed by atoms with Gasteiger partial charge in [0.05, 0.1) is 12.7 Å². The number of hydrogen-bond acceptors (Lipinski definition) is 3. The Morgan fingerprint density at radius 1 is 1.26 bits per heavy atom. The Hall–Kier alpha value is -0.970. The smallest absolute Gasteiger partial charge is 0.127 e. The van der Waals surface area contributed by atoms with Crippen LogP contribution in [0.25, 0.3) is 0 Å². The normalized spacial score (nSPS) is 13.2. The minimum absolute atomic E-state index is 0.221. The van der Waals surface area contributed by atoms with Crippen LogP contribution in [-0.4, -0.2) is 37.7 Å². The van der Waals surface area contributed by atoms with Gasteiger partial charge < -0.3 is 15.4 Å². The molecule has 108 valence electrons. The summed E-state index contributed by atoms with van der Waals surface area (Å²) in [5, 5.41) is 0. The highest BCUT2D eigenvalue weighted by atomic mass is 19.1. The predicted octanol–water partition coefficient (Wildman–Crippen LogP) is 2.57. The Morgan fingerprint density at radius 3 is 2.58 bits per heavy atom. The van der Waals surface area contributed by atoms with Crippen LogP contribution in [0.1, 0.15) is 31.9 Å². The van der Waals surface area contributed by atoms with Gasteiger partial charge in [-0.15, -0.1) is 0 Å². The summed E-state index contributed by atoms with van der Waals surface area (Å²) >= 11 is 0. The summed E-state index contributed by atoms with van der Waals surface area (Å²) in [7, 11) is 2.03. The SMILES string of the molecule is CC(C)OCCN(C)CCC(N)c1ccccc1F. The van der Waals surface area contributed by atoms with E-state index >= 15 is 0 Å². The Balaban J connectivity index is 2.30. The van der Waals surface area contributed by atoms with Crippen molar-refractivity contribution >= 4 is 0 Å². The van der Waals surface area contributed by atoms with Crippen LogP contribution in [0.3, 0.4) is 0 Å². The molecule has 0 saturated carbocycles. The van der Waals surface area contributed by atoms with Gasteiger partial charge in [-0.3, -0.25) is 0 Å². The highest BCUT2D eigenvalue weighted by molar-refractivity contribution is 5.20. The number of likely N-dealkylation sites (N-methyl/N-ethyl adjacent to an activating group) is 1. The summed E-state index contributed by atoms with van der Waals surface area (Å²) in [6.07, 6.45) is 0.994. The quantitative estimate of drug-likeness (QED) is 0.787. The van der Waals surface area contributed by atoms with Crippen molar-refractivity contribution in [2.45, 2.75) is 32.4 Å². The molecule has 0 aliphatic carbocycles. The van der Waals surface area contributed by atoms with Crippen LogP contribution in [0.15, 0.2) is 24.3 Å². The second-order valence-corrected chi connectivity index (χ2v) is 5.14. The molecule has 0 bridgehead atoms. The molecule has 0 aliphatic rings. The fourth-order valence-electron chi connectivity index (χ4n) is 1.85. The summed E-state index contributed by atoms with van der Waals surface area (Å²) in [6.45, 7) is 6.45. The fraction of sp³-hybridized carbons (Fsp3) is 0.600. The minimum atomic E-state index is -0.255. The average Bonchev–Trinajstić information content (AvgIpc) is 2.36. The van der Waals surface area contributed by atoms with Gasteiger partial charge in [-0.1, -0.05) is 18.2 Å². The number of ether oxygens (including phenoxy) is 1. The zero-order valence-electron chi connectivity index (χ0n) is 12.1. The second kappa shape index (κ2) is 8.25. The molecular formula is C15H25FN2O. The first-order chi connectivity index (χ1) is 9.00. The maximum Gasteiger partial charge on any atom is 0.127 e. The molecular weight excluding hydrogens is 243 g/mol. The molecule has 0 fully saturated rings. The molecule has 19 heavy (non-hydrogen) atoms. The first-order valence-electron chi connectivity index (χ1n) is 6.81. The van der Waals surface area contributed by atoms with Gasteiger partial charge in [0.1, 0.15) is 5.82 Å². The van der Waals surface area contributed by atoms with Crippen molar-refractivity contribution in [1.29, 1.82) is 0 Å². The molecule has 1 rings (SSSR count). The first kappa shape index (κ1) is 16.1. The van der Waals surface area contributed by atoms with Gasteiger partial charge in [-0.25, -0.2) is 4.39 Å². The van der Waals surface area contributed by atoms with Gasteiger partial charge in [-0.05, 0) is 39.9 Å². The summed E-state index contributed by atoms with van der Waals surface area (Å²) in [5.41, 5.74) is 6.62. The third-order valence-corrected chi connectivity index (χ3v) is 3.05. The van der Waals surface area contributed by atoms with E-state index in [1.54, 1.807) is 12.1 Å². The predicted molar refractivity (Wildman–Crippen MR) is 76.5 cm³/mol. The third kappa shape index (κ3) is 6.14. The lowest BCUT2D eigenvalue weighted by atomic mass is 10.0. The highest BCUT2D eigenvalue weighted by Crippen LogP contribution is 2.17. The molecule has 0 heterocycles. The van der Waals surface area contributed by atoms with Crippen LogP contribution in [0, 0.1) is 5.82 Å². The Kier molecular flexibility index (Phi) is 6.99. The van der Waals surface area contributed by atoms with Gasteiger partial charge in [0.2, 0.25) is 0 Å². The summed E-state index contributed by atoms with van der Waals surface area (Å²) < 4.78 is 19.0. The van der Waals surface area contributed by atoms with Crippen molar-refractivity contribution in [3.05, 3.63) is 35.6 Å². The lowest BCUT2D eigenvalue weighted by Gasteiger charge is -2.20. The molecule has 0 radical (unpaired) electrons. The van der Waals surface area contributed by atoms with Crippen molar-refractivity contribution in [3.63, 3.8) is 0 Å². The van der Waals surface area contributed by atoms with Gasteiger partial charge >= 0.3 is 0 Å². The van der Waals surface area contributed by atoms with Crippen molar-refractivity contribution < 1.29 is 9.13 Å². The number of nitrogens with two attached hydrogens (primary N) is 1. The van der Waals surface area contributed by atoms with E-state index in [0.29, 0.717) is 12.2 Å². The summed E-state index contributed by atoms with van der Waals surface area (Å²) in [4.78, 5) is 2.16. The number of nitrogens with zero attached hydrogens (tertiary/aromatic N) is 1. The van der Waals surface area contributed by atoms with E-state index in [2.05, 4.69) is 4.90 Å². The molecule has 4 heteroatoms. The van der Waals surface area contributed by atoms with Crippen LogP contribution < -0.4 is 5.73 Å². The largest absolute Gasteiger partial charge is 0.377 e. The Bertz CT molecular complexity index is 371. The standard InChI is InChI=1S/C15H25FN2O/c1-12(2)19-11-10-18(3)9-8-15(17)13-6-4-5-7-14(13)16/h4-7,12,15H,8-11,17H2,1-3H3. The molecule has 1 aromatic rings. The van der Waals surface area contributed by atoms with E-state index in [9.17, 15) is 4.39 Å². The first-order valence-corrected chi connectivity index (χ1v) is 6.81. The van der Waals surface area contributed by atoms with Crippen molar-refractivity contribution in [3.8, 4) is 0 Å². The van der Waals surface area contributed by atoms with E-state index in [1.807, 2.05) is 27.0 Å². The molecule has 1 atom stereocenters. The fourth-order valence-corrected chi connectivity index (χ4v) is 1.85. The van der Waals surface area contributed by atoms with Crippen LogP contribution in [0.2, 0.25) is 0 Å². The third-order valence-electron chi connectivity index (χ3n) is 3.05. The molecule has 3 nitrogen and oxygen atoms in total. The van der Waals surface area contributed by atoms with Gasteiger partial charge in [0.15, 0.2) is 0 Å². The van der Waals surface area contributed by atoms with E-state index in [1.165, 1.54) is 6.07 Å². The lowest BCUT2D eigenvalue weighted by molar-refractivity contribution is 0.0634. The molecule has 0 aromatic heterocycles. The van der Waals surface area contributed by atoms with Gasteiger partial charge in [0.25, 0.3) is 0 Å². The number of halogens is 1. The molecule has 0 aliphatic heterocycles. The maximum absolute atomic E-state index is 13.5. The zero-order chi connectivity index (χ0) is 14.3. The molecule has 1 unspecified atom stereocenters. The average molecular weight is 268 g/mol. The maximum atomic E-state index is 13.5. The molecule has 0 spiro atoms. The van der Waals surface area contributed by atoms with E-state index < -0.39 is 0 Å². The number of benzene rings is 1. The van der Waals surface area contributed by atoms with Gasteiger partial charge in [0, 0.05) is 18.2 Å². The minimum Gasteiger partial charge on any atom is -0.377 e. The van der Waals surface area contributed by atoms with E-state index in [0.717, 1.165) is 19.5 Å². The number of hydrogen-bond donors (Lipinski definition) is 1. The molecule has 0 saturated heterocycles. The van der Waals surface area contributed by atoms with Crippen LogP contribution >= 0.6 is 0 Å². The zero-order valence-corrected chi connectivity index (χ0v) is 12.1. The Morgan fingerprint density at radius 2 is 1.95 bits per heavy atom. The second-order valence-electron chi connectivity index (χ2n) is 5.14. The topological polar surface area (TPSA) is 38.5 Å². The highest BCUT2D eigenvalue weighted by Gasteiger charge is 2.11. The van der Waals surface area contributed by atoms with Crippen molar-refractivity contribution in [1.82, 2.24) is 4.90 Å². The van der Waals surface area contributed by atoms with E-state index in [-0.39, 0.29) is 18.0 Å². The van der Waals surface area contributed by atoms with Crippen LogP contribution in [0.4, 0.5) is 4.39 Å². The van der Waals surface area contributed by atoms with Crippen molar-refractivity contribution in [2.75, 3.05) is 26.7 Å². The van der Waals surface area contributed by atoms with E-state index in [4.69, 9.17) is 10.5 Å². The van der Waals surface area contributed by atoms with Crippen LogP contribution in [0.5, 0.6) is 0 Å². The monoisotopic (exact) mass is 268 g/mol. The van der Waals surface area contributed by atoms with Gasteiger partial charge in [-0.2, -0.15) is 0 Å². The lowest BCUT2D eigenvalue weighted by Crippen LogP contribution is -2.28. The number of rotatable bonds is 8. The van der Waals surface area contributed by atoms with Crippen LogP contribution in [-0.2, 0) is 4.74 Å². The molecule has 2 N–H and O–H groups in total. The summed E-state index contributed by atoms with van der Waals surface area (Å²) in [6, 6.07) is 6.45. The molecule has 1 aromatic carbocycles. The summed E-state index contributed by atoms with van der Waals surface area (Å²) in [5.74, 6) is -0.221.